The zero-order chi connectivity index (χ0) is 9.36. The van der Waals surface area contributed by atoms with E-state index in [-0.39, 0.29) is 6.61 Å². The van der Waals surface area contributed by atoms with Gasteiger partial charge in [-0.1, -0.05) is 0 Å². The third-order valence-corrected chi connectivity index (χ3v) is 2.21. The van der Waals surface area contributed by atoms with Crippen LogP contribution in [-0.4, -0.2) is 62.6 Å². The third kappa shape index (κ3) is 5.21. The van der Waals surface area contributed by atoms with Crippen molar-refractivity contribution in [2.75, 3.05) is 52.5 Å². The summed E-state index contributed by atoms with van der Waals surface area (Å²) in [5.41, 5.74) is 0. The first-order chi connectivity index (χ1) is 6.43. The Morgan fingerprint density at radius 3 is 2.69 bits per heavy atom. The summed E-state index contributed by atoms with van der Waals surface area (Å²) in [5, 5.41) is 11.8. The maximum absolute atomic E-state index is 8.52. The molecule has 0 amide bonds. The van der Waals surface area contributed by atoms with Crippen LogP contribution in [0.2, 0.25) is 0 Å². The molecule has 78 valence electrons. The highest BCUT2D eigenvalue weighted by atomic mass is 16.5. The predicted octanol–water partition coefficient (Wildman–Crippen LogP) is -0.709. The predicted molar refractivity (Wildman–Crippen MR) is 51.8 cm³/mol. The fourth-order valence-electron chi connectivity index (χ4n) is 1.40. The van der Waals surface area contributed by atoms with Gasteiger partial charge in [-0.15, -0.1) is 0 Å². The van der Waals surface area contributed by atoms with Crippen LogP contribution in [0.5, 0.6) is 0 Å². The van der Waals surface area contributed by atoms with Crippen molar-refractivity contribution >= 4 is 0 Å². The Morgan fingerprint density at radius 2 is 2.00 bits per heavy atom. The van der Waals surface area contributed by atoms with Crippen molar-refractivity contribution in [3.63, 3.8) is 0 Å². The average Bonchev–Trinajstić information content (AvgIpc) is 2.19. The van der Waals surface area contributed by atoms with Gasteiger partial charge in [0, 0.05) is 45.9 Å². The number of piperazine rings is 1. The molecular formula is C9H20N2O2. The van der Waals surface area contributed by atoms with E-state index >= 15 is 0 Å². The van der Waals surface area contributed by atoms with Crippen molar-refractivity contribution in [2.24, 2.45) is 0 Å². The molecule has 0 aromatic rings. The quantitative estimate of drug-likeness (QED) is 0.541. The Kier molecular flexibility index (Phi) is 6.10. The Balaban J connectivity index is 1.86. The Hall–Kier alpha value is -0.160. The van der Waals surface area contributed by atoms with Crippen LogP contribution in [0.3, 0.4) is 0 Å². The Bertz CT molecular complexity index is 116. The van der Waals surface area contributed by atoms with Gasteiger partial charge < -0.3 is 15.2 Å². The van der Waals surface area contributed by atoms with Crippen molar-refractivity contribution in [2.45, 2.75) is 6.42 Å². The normalized spacial score (nSPS) is 19.2. The van der Waals surface area contributed by atoms with Crippen LogP contribution in [0.15, 0.2) is 0 Å². The lowest BCUT2D eigenvalue weighted by Gasteiger charge is -2.26. The van der Waals surface area contributed by atoms with Gasteiger partial charge in [0.05, 0.1) is 6.61 Å². The molecule has 1 aliphatic heterocycles. The SMILES string of the molecule is OCCCOCCN1CCNCC1. The standard InChI is InChI=1S/C9H20N2O2/c12-7-1-8-13-9-6-11-4-2-10-3-5-11/h10,12H,1-9H2. The fraction of sp³-hybridized carbons (Fsp3) is 1.00. The molecule has 2 N–H and O–H groups in total. The molecule has 4 heteroatoms. The highest BCUT2D eigenvalue weighted by Crippen LogP contribution is 1.91. The van der Waals surface area contributed by atoms with Crippen LogP contribution < -0.4 is 5.32 Å². The van der Waals surface area contributed by atoms with Crippen molar-refractivity contribution in [1.82, 2.24) is 10.2 Å². The number of hydrogen-bond donors (Lipinski definition) is 2. The first kappa shape index (κ1) is 10.9. The van der Waals surface area contributed by atoms with E-state index < -0.39 is 0 Å². The maximum atomic E-state index is 8.52. The van der Waals surface area contributed by atoms with E-state index in [0.717, 1.165) is 45.8 Å². The minimum atomic E-state index is 0.230. The zero-order valence-electron chi connectivity index (χ0n) is 8.17. The van der Waals surface area contributed by atoms with Gasteiger partial charge in [-0.2, -0.15) is 0 Å². The van der Waals surface area contributed by atoms with Crippen LogP contribution in [-0.2, 0) is 4.74 Å². The number of rotatable bonds is 6. The van der Waals surface area contributed by atoms with Crippen molar-refractivity contribution in [3.8, 4) is 0 Å². The number of aliphatic hydroxyl groups is 1. The molecule has 0 unspecified atom stereocenters. The minimum absolute atomic E-state index is 0.230. The van der Waals surface area contributed by atoms with Gasteiger partial charge in [0.25, 0.3) is 0 Å². The molecule has 0 atom stereocenters. The van der Waals surface area contributed by atoms with Crippen molar-refractivity contribution in [3.05, 3.63) is 0 Å². The van der Waals surface area contributed by atoms with Crippen LogP contribution >= 0.6 is 0 Å². The summed E-state index contributed by atoms with van der Waals surface area (Å²) >= 11 is 0. The topological polar surface area (TPSA) is 44.7 Å². The van der Waals surface area contributed by atoms with Gasteiger partial charge >= 0.3 is 0 Å². The number of nitrogens with zero attached hydrogens (tertiary/aromatic N) is 1. The lowest BCUT2D eigenvalue weighted by molar-refractivity contribution is 0.0881. The summed E-state index contributed by atoms with van der Waals surface area (Å²) in [4.78, 5) is 2.40. The fourth-order valence-corrected chi connectivity index (χ4v) is 1.40. The number of aliphatic hydroxyl groups excluding tert-OH is 1. The van der Waals surface area contributed by atoms with E-state index in [4.69, 9.17) is 9.84 Å². The summed E-state index contributed by atoms with van der Waals surface area (Å²) in [5.74, 6) is 0. The molecule has 13 heavy (non-hydrogen) atoms. The number of hydrogen-bond acceptors (Lipinski definition) is 4. The lowest BCUT2D eigenvalue weighted by atomic mass is 10.3. The van der Waals surface area contributed by atoms with Crippen molar-refractivity contribution in [1.29, 1.82) is 0 Å². The molecule has 1 saturated heterocycles. The van der Waals surface area contributed by atoms with Crippen LogP contribution in [0, 0.1) is 0 Å². The highest BCUT2D eigenvalue weighted by Gasteiger charge is 2.07. The Labute approximate surface area is 79.9 Å². The van der Waals surface area contributed by atoms with Crippen LogP contribution in [0.4, 0.5) is 0 Å². The maximum Gasteiger partial charge on any atom is 0.0593 e. The molecule has 0 bridgehead atoms. The van der Waals surface area contributed by atoms with E-state index in [1.165, 1.54) is 0 Å². The second-order valence-electron chi connectivity index (χ2n) is 3.28. The molecule has 0 aliphatic carbocycles. The van der Waals surface area contributed by atoms with Gasteiger partial charge in [-0.25, -0.2) is 0 Å². The van der Waals surface area contributed by atoms with Gasteiger partial charge in [-0.05, 0) is 6.42 Å². The molecule has 1 fully saturated rings. The van der Waals surface area contributed by atoms with Gasteiger partial charge in [0.1, 0.15) is 0 Å². The van der Waals surface area contributed by atoms with Crippen LogP contribution in [0.1, 0.15) is 6.42 Å². The molecule has 0 saturated carbocycles. The lowest BCUT2D eigenvalue weighted by Crippen LogP contribution is -2.44. The summed E-state index contributed by atoms with van der Waals surface area (Å²) in [6.07, 6.45) is 0.752. The van der Waals surface area contributed by atoms with Crippen LogP contribution in [0.25, 0.3) is 0 Å². The second-order valence-corrected chi connectivity index (χ2v) is 3.28. The third-order valence-electron chi connectivity index (χ3n) is 2.21. The van der Waals surface area contributed by atoms with Gasteiger partial charge in [0.15, 0.2) is 0 Å². The van der Waals surface area contributed by atoms with E-state index in [9.17, 15) is 0 Å². The highest BCUT2D eigenvalue weighted by molar-refractivity contribution is 4.66. The average molecular weight is 188 g/mol. The summed E-state index contributed by atoms with van der Waals surface area (Å²) in [6, 6.07) is 0. The summed E-state index contributed by atoms with van der Waals surface area (Å²) < 4.78 is 5.35. The molecule has 1 rings (SSSR count). The number of ether oxygens (including phenoxy) is 1. The molecule has 1 heterocycles. The summed E-state index contributed by atoms with van der Waals surface area (Å²) in [6.45, 7) is 7.17. The molecule has 1 aliphatic rings. The van der Waals surface area contributed by atoms with Crippen molar-refractivity contribution < 1.29 is 9.84 Å². The van der Waals surface area contributed by atoms with E-state index in [2.05, 4.69) is 10.2 Å². The molecule has 0 aromatic carbocycles. The Morgan fingerprint density at radius 1 is 1.23 bits per heavy atom. The van der Waals surface area contributed by atoms with E-state index in [1.54, 1.807) is 0 Å². The molecular weight excluding hydrogens is 168 g/mol. The zero-order valence-corrected chi connectivity index (χ0v) is 8.17. The molecule has 0 aromatic heterocycles. The molecule has 4 nitrogen and oxygen atoms in total. The molecule has 0 radical (unpaired) electrons. The van der Waals surface area contributed by atoms with Gasteiger partial charge in [-0.3, -0.25) is 4.90 Å². The second kappa shape index (κ2) is 7.26. The first-order valence-corrected chi connectivity index (χ1v) is 5.05. The monoisotopic (exact) mass is 188 g/mol. The first-order valence-electron chi connectivity index (χ1n) is 5.05. The smallest absolute Gasteiger partial charge is 0.0593 e. The number of nitrogens with one attached hydrogen (secondary N) is 1. The van der Waals surface area contributed by atoms with E-state index in [1.807, 2.05) is 0 Å². The van der Waals surface area contributed by atoms with Gasteiger partial charge in [0.2, 0.25) is 0 Å². The molecule has 0 spiro atoms. The largest absolute Gasteiger partial charge is 0.396 e. The summed E-state index contributed by atoms with van der Waals surface area (Å²) in [7, 11) is 0. The van der Waals surface area contributed by atoms with E-state index in [0.29, 0.717) is 6.61 Å². The minimum Gasteiger partial charge on any atom is -0.396 e.